The molecular weight excluding hydrogens is 819 g/mol. The molecule has 16 heteroatoms. The molecule has 0 bridgehead atoms. The Morgan fingerprint density at radius 2 is 1.79 bits per heavy atom. The van der Waals surface area contributed by atoms with Crippen molar-refractivity contribution < 1.29 is 37.4 Å². The predicted molar refractivity (Wildman–Crippen MR) is 232 cm³/mol. The Bertz CT molecular complexity index is 2370. The number of nitrogens with zero attached hydrogens (tertiary/aromatic N) is 4. The largest absolute Gasteiger partial charge is 0.465 e. The van der Waals surface area contributed by atoms with Gasteiger partial charge in [0.05, 0.1) is 11.5 Å². The number of ether oxygens (including phenoxy) is 1. The number of anilines is 1. The third-order valence-electron chi connectivity index (χ3n) is 12.3. The first-order valence-electron chi connectivity index (χ1n) is 21.0. The van der Waals surface area contributed by atoms with Crippen molar-refractivity contribution in [3.8, 4) is 5.75 Å². The number of alkyl halides is 1. The van der Waals surface area contributed by atoms with E-state index in [1.807, 2.05) is 43.1 Å². The molecule has 3 saturated heterocycles. The maximum absolute atomic E-state index is 16.6. The van der Waals surface area contributed by atoms with Crippen LogP contribution in [0.4, 0.5) is 10.1 Å². The minimum atomic E-state index is -4.45. The van der Waals surface area contributed by atoms with Gasteiger partial charge in [-0.2, -0.15) is 0 Å². The van der Waals surface area contributed by atoms with Crippen LogP contribution in [-0.2, 0) is 23.7 Å². The summed E-state index contributed by atoms with van der Waals surface area (Å²) in [6.07, 6.45) is 11.0. The zero-order valence-electron chi connectivity index (χ0n) is 34.7. The number of nitrogens with one attached hydrogen (secondary N) is 2. The van der Waals surface area contributed by atoms with Crippen molar-refractivity contribution >= 4 is 58.3 Å². The lowest BCUT2D eigenvalue weighted by Gasteiger charge is -2.45. The van der Waals surface area contributed by atoms with E-state index >= 15 is 4.39 Å². The second-order valence-electron chi connectivity index (χ2n) is 16.7. The zero-order chi connectivity index (χ0) is 43.0. The van der Waals surface area contributed by atoms with Gasteiger partial charge in [-0.25, -0.2) is 9.48 Å². The van der Waals surface area contributed by atoms with E-state index in [1.54, 1.807) is 53.6 Å². The first-order valence-corrected chi connectivity index (χ1v) is 23.5. The third kappa shape index (κ3) is 8.69. The Morgan fingerprint density at radius 1 is 1.03 bits per heavy atom. The van der Waals surface area contributed by atoms with E-state index in [4.69, 9.17) is 9.26 Å². The summed E-state index contributed by atoms with van der Waals surface area (Å²) in [5, 5.41) is 6.16. The smallest absolute Gasteiger partial charge is 0.355 e. The molecule has 4 aliphatic rings. The molecule has 8 atom stereocenters. The molecule has 2 aromatic carbocycles. The van der Waals surface area contributed by atoms with Gasteiger partial charge in [0, 0.05) is 67.5 Å². The number of carbonyl (C=O) groups excluding carboxylic acids is 4. The van der Waals surface area contributed by atoms with Crippen molar-refractivity contribution in [2.45, 2.75) is 81.9 Å². The van der Waals surface area contributed by atoms with E-state index in [0.29, 0.717) is 47.3 Å². The van der Waals surface area contributed by atoms with Crippen molar-refractivity contribution in [1.29, 1.82) is 0 Å². The summed E-state index contributed by atoms with van der Waals surface area (Å²) in [6, 6.07) is 13.7. The number of allylic oxidation sites excluding steroid dienone is 2. The van der Waals surface area contributed by atoms with Crippen LogP contribution in [0, 0.1) is 11.8 Å². The van der Waals surface area contributed by atoms with Gasteiger partial charge in [0.1, 0.15) is 23.9 Å². The number of fused-ring (bicyclic) bond motifs is 3. The fourth-order valence-electron chi connectivity index (χ4n) is 8.97. The number of amides is 3. The predicted octanol–water partition coefficient (Wildman–Crippen LogP) is 7.21. The van der Waals surface area contributed by atoms with Crippen LogP contribution in [-0.4, -0.2) is 96.4 Å². The maximum Gasteiger partial charge on any atom is 0.355 e. The van der Waals surface area contributed by atoms with Gasteiger partial charge in [-0.15, -0.1) is 11.3 Å². The topological polar surface area (TPSA) is 150 Å². The Labute approximate surface area is 359 Å². The molecule has 5 heterocycles. The van der Waals surface area contributed by atoms with Gasteiger partial charge < -0.3 is 29.3 Å². The Hall–Kier alpha value is -5.11. The van der Waals surface area contributed by atoms with Gasteiger partial charge in [-0.3, -0.25) is 28.7 Å². The lowest BCUT2D eigenvalue weighted by Crippen LogP contribution is -2.60. The van der Waals surface area contributed by atoms with Crippen LogP contribution < -0.4 is 19.8 Å². The summed E-state index contributed by atoms with van der Waals surface area (Å²) in [5.74, 6) is -2.92. The number of thiophene rings is 1. The SMILES string of the molecule is CCCOC(=O)[C@H](C)N[P@@](=O)(Oc1ccccc1)[C@H](F)c1ccc2sc(C(=O)NC3C[C@H]4C=C[C@H]4C[C@H]4CC[C@@H](C(=O)N5CC(c6cnccc6N(C)C)C5)N4C3=O)cc2c1. The summed E-state index contributed by atoms with van der Waals surface area (Å²) in [5.41, 5.74) is 2.20. The number of esters is 1. The number of hydrogen-bond acceptors (Lipinski definition) is 10. The van der Waals surface area contributed by atoms with Crippen LogP contribution in [0.25, 0.3) is 10.1 Å². The van der Waals surface area contributed by atoms with Crippen LogP contribution in [0.2, 0.25) is 0 Å². The minimum absolute atomic E-state index is 0.0269. The van der Waals surface area contributed by atoms with Crippen molar-refractivity contribution in [2.24, 2.45) is 11.8 Å². The maximum atomic E-state index is 16.6. The van der Waals surface area contributed by atoms with Gasteiger partial charge in [0.2, 0.25) is 17.7 Å². The van der Waals surface area contributed by atoms with Gasteiger partial charge in [0.15, 0.2) is 0 Å². The number of carbonyl (C=O) groups is 4. The van der Waals surface area contributed by atoms with Crippen LogP contribution in [0.5, 0.6) is 5.75 Å². The number of hydrogen-bond donors (Lipinski definition) is 2. The van der Waals surface area contributed by atoms with Crippen LogP contribution in [0.15, 0.2) is 85.2 Å². The van der Waals surface area contributed by atoms with E-state index in [1.165, 1.54) is 30.4 Å². The highest BCUT2D eigenvalue weighted by atomic mass is 32.1. The molecule has 3 aliphatic heterocycles. The van der Waals surface area contributed by atoms with Crippen LogP contribution >= 0.6 is 18.9 Å². The highest BCUT2D eigenvalue weighted by molar-refractivity contribution is 7.57. The van der Waals surface area contributed by atoms with E-state index in [-0.39, 0.29) is 53.5 Å². The second-order valence-corrected chi connectivity index (χ2v) is 19.9. The van der Waals surface area contributed by atoms with Gasteiger partial charge >= 0.3 is 13.5 Å². The Kier molecular flexibility index (Phi) is 12.4. The van der Waals surface area contributed by atoms with Gasteiger partial charge in [0.25, 0.3) is 5.91 Å². The van der Waals surface area contributed by atoms with E-state index in [0.717, 1.165) is 24.1 Å². The molecule has 4 aromatic rings. The number of para-hydroxylation sites is 1. The molecule has 0 radical (unpaired) electrons. The van der Waals surface area contributed by atoms with Crippen molar-refractivity contribution in [3.05, 3.63) is 101 Å². The Morgan fingerprint density at radius 3 is 2.51 bits per heavy atom. The molecular formula is C45H52FN6O7PS. The average molecular weight is 871 g/mol. The molecule has 61 heavy (non-hydrogen) atoms. The number of likely N-dealkylation sites (tertiary alicyclic amines) is 1. The summed E-state index contributed by atoms with van der Waals surface area (Å²) < 4.78 is 42.6. The molecule has 13 nitrogen and oxygen atoms in total. The Balaban J connectivity index is 0.984. The lowest BCUT2D eigenvalue weighted by molar-refractivity contribution is -0.150. The number of halogens is 1. The highest BCUT2D eigenvalue weighted by Crippen LogP contribution is 2.58. The molecule has 322 valence electrons. The lowest BCUT2D eigenvalue weighted by atomic mass is 9.73. The zero-order valence-corrected chi connectivity index (χ0v) is 36.4. The van der Waals surface area contributed by atoms with Crippen molar-refractivity contribution in [2.75, 3.05) is 38.7 Å². The van der Waals surface area contributed by atoms with E-state index in [9.17, 15) is 23.7 Å². The number of benzene rings is 2. The van der Waals surface area contributed by atoms with E-state index in [2.05, 4.69) is 27.5 Å². The van der Waals surface area contributed by atoms with Gasteiger partial charge in [-0.1, -0.05) is 43.3 Å². The molecule has 0 spiro atoms. The van der Waals surface area contributed by atoms with Crippen LogP contribution in [0.1, 0.15) is 78.6 Å². The van der Waals surface area contributed by atoms with Crippen LogP contribution in [0.3, 0.4) is 0 Å². The summed E-state index contributed by atoms with van der Waals surface area (Å²) >= 11 is 1.19. The summed E-state index contributed by atoms with van der Waals surface area (Å²) in [6.45, 7) is 4.56. The quantitative estimate of drug-likeness (QED) is 0.0756. The van der Waals surface area contributed by atoms with Crippen molar-refractivity contribution in [3.63, 3.8) is 0 Å². The number of pyridine rings is 1. The molecule has 2 aromatic heterocycles. The monoisotopic (exact) mass is 870 g/mol. The molecule has 1 aliphatic carbocycles. The minimum Gasteiger partial charge on any atom is -0.465 e. The molecule has 1 unspecified atom stereocenters. The van der Waals surface area contributed by atoms with Crippen molar-refractivity contribution in [1.82, 2.24) is 25.2 Å². The number of rotatable bonds is 14. The summed E-state index contributed by atoms with van der Waals surface area (Å²) in [4.78, 5) is 65.6. The average Bonchev–Trinajstić information content (AvgIpc) is 3.86. The molecule has 2 N–H and O–H groups in total. The van der Waals surface area contributed by atoms with Gasteiger partial charge in [-0.05, 0) is 98.2 Å². The second kappa shape index (κ2) is 17.7. The molecule has 3 fully saturated rings. The first-order chi connectivity index (χ1) is 29.3. The third-order valence-corrected chi connectivity index (χ3v) is 15.5. The van der Waals surface area contributed by atoms with E-state index < -0.39 is 43.4 Å². The first kappa shape index (κ1) is 42.6. The fourth-order valence-corrected chi connectivity index (χ4v) is 11.8. The molecule has 8 rings (SSSR count). The standard InChI is InChI=1S/C45H52FN6O7PS/c1-5-19-58-45(56)27(2)49-60(57,59-34-9-7-6-8-10-34)41(46)30-13-16-39-31(20-30)23-40(61-39)42(53)48-36-22-29-12-11-28(29)21-33-14-15-38(52(33)43(36)54)44(55)51-25-32(26-51)35-24-47-18-17-37(35)50(3)4/h6-13,16-18,20,23-24,27-29,32-33,36,38,41H,5,14-15,19,21-22,25-26H2,1-4H3,(H,48,53)(H,49,57)/t27-,28-,29+,33+,36?,38-,41-,60-/m0/s1. The highest BCUT2D eigenvalue weighted by Gasteiger charge is 2.50. The number of aromatic nitrogens is 1. The molecule has 3 amide bonds. The fraction of sp³-hybridized carbons (Fsp3) is 0.444. The normalized spacial score (nSPS) is 24.2. The summed E-state index contributed by atoms with van der Waals surface area (Å²) in [7, 11) is -0.474. The molecule has 0 saturated carbocycles.